The van der Waals surface area contributed by atoms with Crippen LogP contribution in [0.25, 0.3) is 0 Å². The standard InChI is InChI=1S/C23H28N2O3S/c1-16(2)12-13-27-21-7-5-6-18(14-21)22(26)25-23(29)24-19-8-10-20(11-9-19)28-15-17(3)4/h5-11,14,16H,3,12-13,15H2,1-2,4H3,(H2,24,25,26,29). The molecule has 154 valence electrons. The lowest BCUT2D eigenvalue weighted by molar-refractivity contribution is 0.0977. The topological polar surface area (TPSA) is 59.6 Å². The predicted molar refractivity (Wildman–Crippen MR) is 122 cm³/mol. The van der Waals surface area contributed by atoms with Crippen LogP contribution in [0, 0.1) is 5.92 Å². The summed E-state index contributed by atoms with van der Waals surface area (Å²) < 4.78 is 11.3. The highest BCUT2D eigenvalue weighted by molar-refractivity contribution is 7.80. The maximum absolute atomic E-state index is 12.5. The molecular weight excluding hydrogens is 384 g/mol. The number of benzene rings is 2. The molecule has 0 spiro atoms. The molecule has 2 aromatic rings. The number of hydrogen-bond acceptors (Lipinski definition) is 4. The highest BCUT2D eigenvalue weighted by atomic mass is 32.1. The van der Waals surface area contributed by atoms with E-state index in [-0.39, 0.29) is 11.0 Å². The first kappa shape index (κ1) is 22.4. The Labute approximate surface area is 178 Å². The summed E-state index contributed by atoms with van der Waals surface area (Å²) in [4.78, 5) is 12.5. The third-order valence-corrected chi connectivity index (χ3v) is 4.09. The zero-order valence-corrected chi connectivity index (χ0v) is 18.0. The lowest BCUT2D eigenvalue weighted by Crippen LogP contribution is -2.34. The molecule has 0 aliphatic carbocycles. The van der Waals surface area contributed by atoms with Crippen molar-refractivity contribution in [2.45, 2.75) is 27.2 Å². The minimum atomic E-state index is -0.293. The molecule has 0 saturated carbocycles. The number of ether oxygens (including phenoxy) is 2. The van der Waals surface area contributed by atoms with Gasteiger partial charge in [0.15, 0.2) is 5.11 Å². The summed E-state index contributed by atoms with van der Waals surface area (Å²) in [5.74, 6) is 1.68. The van der Waals surface area contributed by atoms with Gasteiger partial charge in [0, 0.05) is 11.3 Å². The van der Waals surface area contributed by atoms with E-state index in [9.17, 15) is 4.79 Å². The van der Waals surface area contributed by atoms with Crippen LogP contribution in [0.5, 0.6) is 11.5 Å². The van der Waals surface area contributed by atoms with Gasteiger partial charge in [-0.05, 0) is 79.5 Å². The SMILES string of the molecule is C=C(C)COc1ccc(NC(=S)NC(=O)c2cccc(OCCC(C)C)c2)cc1. The van der Waals surface area contributed by atoms with Crippen LogP contribution in [0.3, 0.4) is 0 Å². The average Bonchev–Trinajstić information content (AvgIpc) is 2.67. The molecule has 0 saturated heterocycles. The molecule has 0 atom stereocenters. The third-order valence-electron chi connectivity index (χ3n) is 3.88. The summed E-state index contributed by atoms with van der Waals surface area (Å²) in [6.45, 7) is 11.1. The number of carbonyl (C=O) groups is 1. The summed E-state index contributed by atoms with van der Waals surface area (Å²) >= 11 is 5.24. The molecule has 0 radical (unpaired) electrons. The van der Waals surface area contributed by atoms with Gasteiger partial charge in [0.05, 0.1) is 6.61 Å². The van der Waals surface area contributed by atoms with E-state index in [2.05, 4.69) is 31.1 Å². The molecule has 0 bridgehead atoms. The molecule has 0 heterocycles. The van der Waals surface area contributed by atoms with Gasteiger partial charge in [0.1, 0.15) is 18.1 Å². The van der Waals surface area contributed by atoms with Crippen molar-refractivity contribution >= 4 is 28.9 Å². The summed E-state index contributed by atoms with van der Waals surface area (Å²) in [5.41, 5.74) is 2.19. The van der Waals surface area contributed by atoms with Gasteiger partial charge in [0.25, 0.3) is 5.91 Å². The first-order chi connectivity index (χ1) is 13.8. The van der Waals surface area contributed by atoms with Crippen LogP contribution in [-0.4, -0.2) is 24.2 Å². The number of anilines is 1. The lowest BCUT2D eigenvalue weighted by atomic mass is 10.1. The zero-order chi connectivity index (χ0) is 21.2. The molecule has 2 N–H and O–H groups in total. The van der Waals surface area contributed by atoms with E-state index in [1.54, 1.807) is 18.2 Å². The van der Waals surface area contributed by atoms with E-state index in [1.807, 2.05) is 37.3 Å². The largest absolute Gasteiger partial charge is 0.494 e. The monoisotopic (exact) mass is 412 g/mol. The van der Waals surface area contributed by atoms with Crippen molar-refractivity contribution in [3.63, 3.8) is 0 Å². The number of hydrogen-bond donors (Lipinski definition) is 2. The third kappa shape index (κ3) is 8.35. The number of rotatable bonds is 9. The van der Waals surface area contributed by atoms with E-state index in [0.29, 0.717) is 30.4 Å². The molecule has 0 unspecified atom stereocenters. The molecule has 0 aromatic heterocycles. The van der Waals surface area contributed by atoms with E-state index in [0.717, 1.165) is 23.4 Å². The van der Waals surface area contributed by atoms with Crippen molar-refractivity contribution in [3.05, 3.63) is 66.2 Å². The summed E-state index contributed by atoms with van der Waals surface area (Å²) in [7, 11) is 0. The molecule has 2 rings (SSSR count). The van der Waals surface area contributed by atoms with Crippen LogP contribution in [0.15, 0.2) is 60.7 Å². The Kier molecular flexibility index (Phi) is 8.68. The van der Waals surface area contributed by atoms with Crippen LogP contribution in [-0.2, 0) is 0 Å². The van der Waals surface area contributed by atoms with E-state index in [4.69, 9.17) is 21.7 Å². The van der Waals surface area contributed by atoms with E-state index < -0.39 is 0 Å². The Morgan fingerprint density at radius 3 is 2.48 bits per heavy atom. The van der Waals surface area contributed by atoms with Crippen molar-refractivity contribution < 1.29 is 14.3 Å². The van der Waals surface area contributed by atoms with Gasteiger partial charge in [-0.15, -0.1) is 0 Å². The minimum Gasteiger partial charge on any atom is -0.494 e. The van der Waals surface area contributed by atoms with Crippen LogP contribution >= 0.6 is 12.2 Å². The maximum atomic E-state index is 12.5. The zero-order valence-electron chi connectivity index (χ0n) is 17.2. The van der Waals surface area contributed by atoms with Gasteiger partial charge in [-0.25, -0.2) is 0 Å². The van der Waals surface area contributed by atoms with Crippen LogP contribution in [0.1, 0.15) is 37.6 Å². The van der Waals surface area contributed by atoms with Gasteiger partial charge in [-0.2, -0.15) is 0 Å². The minimum absolute atomic E-state index is 0.219. The molecule has 0 aliphatic heterocycles. The Bertz CT molecular complexity index is 847. The molecule has 1 amide bonds. The lowest BCUT2D eigenvalue weighted by Gasteiger charge is -2.12. The fourth-order valence-corrected chi connectivity index (χ4v) is 2.53. The highest BCUT2D eigenvalue weighted by Gasteiger charge is 2.09. The number of thiocarbonyl (C=S) groups is 1. The van der Waals surface area contributed by atoms with E-state index in [1.165, 1.54) is 0 Å². The normalized spacial score (nSPS) is 10.3. The van der Waals surface area contributed by atoms with Gasteiger partial charge in [-0.1, -0.05) is 26.5 Å². The predicted octanol–water partition coefficient (Wildman–Crippen LogP) is 5.19. The summed E-state index contributed by atoms with van der Waals surface area (Å²) in [5, 5.41) is 5.89. The van der Waals surface area contributed by atoms with E-state index >= 15 is 0 Å². The fraction of sp³-hybridized carbons (Fsp3) is 0.304. The molecule has 2 aromatic carbocycles. The van der Waals surface area contributed by atoms with Crippen molar-refractivity contribution in [1.29, 1.82) is 0 Å². The van der Waals surface area contributed by atoms with Crippen molar-refractivity contribution in [2.75, 3.05) is 18.5 Å². The van der Waals surface area contributed by atoms with Gasteiger partial charge < -0.3 is 14.8 Å². The van der Waals surface area contributed by atoms with Crippen molar-refractivity contribution in [2.24, 2.45) is 5.92 Å². The first-order valence-electron chi connectivity index (χ1n) is 9.56. The average molecular weight is 413 g/mol. The Morgan fingerprint density at radius 2 is 1.83 bits per heavy atom. The number of amides is 1. The second kappa shape index (κ2) is 11.2. The molecule has 29 heavy (non-hydrogen) atoms. The van der Waals surface area contributed by atoms with Gasteiger partial charge in [0.2, 0.25) is 0 Å². The number of carbonyl (C=O) groups excluding carboxylic acids is 1. The van der Waals surface area contributed by atoms with Gasteiger partial charge >= 0.3 is 0 Å². The fourth-order valence-electron chi connectivity index (χ4n) is 2.32. The smallest absolute Gasteiger partial charge is 0.257 e. The molecule has 6 heteroatoms. The Balaban J connectivity index is 1.87. The molecule has 0 fully saturated rings. The molecular formula is C23H28N2O3S. The number of nitrogens with one attached hydrogen (secondary N) is 2. The maximum Gasteiger partial charge on any atom is 0.257 e. The Morgan fingerprint density at radius 1 is 1.10 bits per heavy atom. The highest BCUT2D eigenvalue weighted by Crippen LogP contribution is 2.17. The Hall–Kier alpha value is -2.86. The second-order valence-corrected chi connectivity index (χ2v) is 7.65. The second-order valence-electron chi connectivity index (χ2n) is 7.24. The molecule has 0 aliphatic rings. The van der Waals surface area contributed by atoms with Crippen LogP contribution < -0.4 is 20.1 Å². The van der Waals surface area contributed by atoms with Crippen LogP contribution in [0.2, 0.25) is 0 Å². The van der Waals surface area contributed by atoms with Crippen LogP contribution in [0.4, 0.5) is 5.69 Å². The van der Waals surface area contributed by atoms with Crippen molar-refractivity contribution in [1.82, 2.24) is 5.32 Å². The quantitative estimate of drug-likeness (QED) is 0.438. The first-order valence-corrected chi connectivity index (χ1v) is 9.96. The molecule has 5 nitrogen and oxygen atoms in total. The van der Waals surface area contributed by atoms with Crippen molar-refractivity contribution in [3.8, 4) is 11.5 Å². The van der Waals surface area contributed by atoms with Gasteiger partial charge in [-0.3, -0.25) is 10.1 Å². The summed E-state index contributed by atoms with van der Waals surface area (Å²) in [6.07, 6.45) is 0.960. The summed E-state index contributed by atoms with van der Waals surface area (Å²) in [6, 6.07) is 14.4.